The molecule has 0 saturated carbocycles. The maximum absolute atomic E-state index is 6.16. The SMILES string of the molecule is COc1ccc(CN(CCCn2ccnc2)C(=S)Nc2ccc(Cl)c(C)c2)c(OC)c1. The summed E-state index contributed by atoms with van der Waals surface area (Å²) in [4.78, 5) is 6.24. The number of ether oxygens (including phenoxy) is 2. The summed E-state index contributed by atoms with van der Waals surface area (Å²) < 4.78 is 13.0. The zero-order valence-corrected chi connectivity index (χ0v) is 19.5. The van der Waals surface area contributed by atoms with E-state index in [-0.39, 0.29) is 0 Å². The van der Waals surface area contributed by atoms with E-state index in [4.69, 9.17) is 33.3 Å². The third-order valence-electron chi connectivity index (χ3n) is 4.96. The van der Waals surface area contributed by atoms with Gasteiger partial charge in [0, 0.05) is 54.4 Å². The molecule has 0 aliphatic heterocycles. The molecule has 31 heavy (non-hydrogen) atoms. The fraction of sp³-hybridized carbons (Fsp3) is 0.304. The molecule has 6 nitrogen and oxygen atoms in total. The highest BCUT2D eigenvalue weighted by Gasteiger charge is 2.15. The molecule has 3 rings (SSSR count). The number of hydrogen-bond donors (Lipinski definition) is 1. The quantitative estimate of drug-likeness (QED) is 0.447. The molecule has 0 spiro atoms. The highest BCUT2D eigenvalue weighted by molar-refractivity contribution is 7.80. The molecule has 8 heteroatoms. The van der Waals surface area contributed by atoms with Gasteiger partial charge < -0.3 is 24.3 Å². The van der Waals surface area contributed by atoms with Crippen LogP contribution in [0.5, 0.6) is 11.5 Å². The minimum atomic E-state index is 0.607. The Morgan fingerprint density at radius 2 is 2.03 bits per heavy atom. The van der Waals surface area contributed by atoms with E-state index in [1.807, 2.05) is 55.8 Å². The summed E-state index contributed by atoms with van der Waals surface area (Å²) >= 11 is 11.9. The van der Waals surface area contributed by atoms with Crippen LogP contribution in [0.1, 0.15) is 17.5 Å². The van der Waals surface area contributed by atoms with Crippen LogP contribution < -0.4 is 14.8 Å². The number of imidazole rings is 1. The lowest BCUT2D eigenvalue weighted by Crippen LogP contribution is -2.35. The number of nitrogens with one attached hydrogen (secondary N) is 1. The van der Waals surface area contributed by atoms with Crippen LogP contribution in [-0.4, -0.2) is 40.3 Å². The van der Waals surface area contributed by atoms with Crippen LogP contribution >= 0.6 is 23.8 Å². The topological polar surface area (TPSA) is 51.5 Å². The Hall–Kier alpha value is -2.77. The number of thiocarbonyl (C=S) groups is 1. The van der Waals surface area contributed by atoms with E-state index in [0.717, 1.165) is 52.8 Å². The molecule has 1 heterocycles. The van der Waals surface area contributed by atoms with Crippen molar-refractivity contribution >= 4 is 34.6 Å². The highest BCUT2D eigenvalue weighted by Crippen LogP contribution is 2.26. The summed E-state index contributed by atoms with van der Waals surface area (Å²) in [6.07, 6.45) is 6.49. The van der Waals surface area contributed by atoms with Crippen molar-refractivity contribution in [1.82, 2.24) is 14.5 Å². The van der Waals surface area contributed by atoms with E-state index < -0.39 is 0 Å². The lowest BCUT2D eigenvalue weighted by Gasteiger charge is -2.27. The summed E-state index contributed by atoms with van der Waals surface area (Å²) in [6, 6.07) is 11.6. The van der Waals surface area contributed by atoms with Gasteiger partial charge in [-0.25, -0.2) is 4.98 Å². The summed E-state index contributed by atoms with van der Waals surface area (Å²) in [6.45, 7) is 4.21. The standard InChI is InChI=1S/C23H27ClN4O2S/c1-17-13-19(6-8-21(17)24)26-23(31)28(11-4-10-27-12-9-25-16-27)15-18-5-7-20(29-2)14-22(18)30-3/h5-9,12-14,16H,4,10-11,15H2,1-3H3,(H,26,31). The van der Waals surface area contributed by atoms with Crippen LogP contribution in [0.3, 0.4) is 0 Å². The first-order valence-electron chi connectivity index (χ1n) is 9.99. The Kier molecular flexibility index (Phi) is 8.14. The smallest absolute Gasteiger partial charge is 0.173 e. The second-order valence-corrected chi connectivity index (χ2v) is 7.94. The molecule has 0 fully saturated rings. The number of nitrogens with zero attached hydrogens (tertiary/aromatic N) is 3. The van der Waals surface area contributed by atoms with E-state index in [1.165, 1.54) is 0 Å². The number of anilines is 1. The lowest BCUT2D eigenvalue weighted by atomic mass is 10.1. The van der Waals surface area contributed by atoms with Crippen LogP contribution in [0.4, 0.5) is 5.69 Å². The molecule has 3 aromatic rings. The van der Waals surface area contributed by atoms with Gasteiger partial charge in [0.1, 0.15) is 11.5 Å². The van der Waals surface area contributed by atoms with Gasteiger partial charge in [0.25, 0.3) is 0 Å². The number of halogens is 1. The van der Waals surface area contributed by atoms with Crippen molar-refractivity contribution in [2.24, 2.45) is 0 Å². The predicted molar refractivity (Wildman–Crippen MR) is 129 cm³/mol. The van der Waals surface area contributed by atoms with Gasteiger partial charge in [-0.05, 0) is 61.5 Å². The number of benzene rings is 2. The zero-order valence-electron chi connectivity index (χ0n) is 18.0. The first kappa shape index (κ1) is 22.9. The highest BCUT2D eigenvalue weighted by atomic mass is 35.5. The van der Waals surface area contributed by atoms with Crippen molar-refractivity contribution in [1.29, 1.82) is 0 Å². The maximum Gasteiger partial charge on any atom is 0.173 e. The van der Waals surface area contributed by atoms with Crippen molar-refractivity contribution in [3.8, 4) is 11.5 Å². The molecule has 0 amide bonds. The summed E-state index contributed by atoms with van der Waals surface area (Å²) in [7, 11) is 3.30. The summed E-state index contributed by atoms with van der Waals surface area (Å²) in [5.74, 6) is 1.52. The van der Waals surface area contributed by atoms with Gasteiger partial charge in [0.15, 0.2) is 5.11 Å². The maximum atomic E-state index is 6.16. The van der Waals surface area contributed by atoms with Crippen molar-refractivity contribution in [2.75, 3.05) is 26.1 Å². The van der Waals surface area contributed by atoms with Crippen molar-refractivity contribution in [2.45, 2.75) is 26.4 Å². The number of aryl methyl sites for hydroxylation is 2. The third kappa shape index (κ3) is 6.35. The van der Waals surface area contributed by atoms with Gasteiger partial charge in [-0.3, -0.25) is 0 Å². The van der Waals surface area contributed by atoms with Gasteiger partial charge in [-0.1, -0.05) is 11.6 Å². The molecule has 0 bridgehead atoms. The molecule has 2 aromatic carbocycles. The van der Waals surface area contributed by atoms with Crippen LogP contribution in [-0.2, 0) is 13.1 Å². The van der Waals surface area contributed by atoms with Crippen molar-refractivity contribution in [3.63, 3.8) is 0 Å². The predicted octanol–water partition coefficient (Wildman–Crippen LogP) is 5.15. The second kappa shape index (κ2) is 11.0. The fourth-order valence-corrected chi connectivity index (χ4v) is 3.62. The molecule has 0 atom stereocenters. The van der Waals surface area contributed by atoms with Crippen LogP contribution in [0, 0.1) is 6.92 Å². The molecule has 0 saturated heterocycles. The average Bonchev–Trinajstić information content (AvgIpc) is 3.29. The molecule has 0 unspecified atom stereocenters. The van der Waals surface area contributed by atoms with Crippen LogP contribution in [0.2, 0.25) is 5.02 Å². The van der Waals surface area contributed by atoms with E-state index in [0.29, 0.717) is 11.7 Å². The minimum absolute atomic E-state index is 0.607. The Balaban J connectivity index is 1.76. The molecule has 0 radical (unpaired) electrons. The van der Waals surface area contributed by atoms with Gasteiger partial charge >= 0.3 is 0 Å². The van der Waals surface area contributed by atoms with Gasteiger partial charge in [0.2, 0.25) is 0 Å². The lowest BCUT2D eigenvalue weighted by molar-refractivity contribution is 0.366. The molecule has 1 aromatic heterocycles. The molecular formula is C23H27ClN4O2S. The van der Waals surface area contributed by atoms with Gasteiger partial charge in [-0.2, -0.15) is 0 Å². The first-order chi connectivity index (χ1) is 15.0. The van der Waals surface area contributed by atoms with E-state index in [1.54, 1.807) is 20.4 Å². The summed E-state index contributed by atoms with van der Waals surface area (Å²) in [5.41, 5.74) is 2.94. The van der Waals surface area contributed by atoms with Crippen LogP contribution in [0.25, 0.3) is 0 Å². The Bertz CT molecular complexity index is 1010. The largest absolute Gasteiger partial charge is 0.497 e. The minimum Gasteiger partial charge on any atom is -0.497 e. The molecular weight excluding hydrogens is 432 g/mol. The van der Waals surface area contributed by atoms with E-state index in [9.17, 15) is 0 Å². The fourth-order valence-electron chi connectivity index (χ4n) is 3.23. The Morgan fingerprint density at radius 1 is 1.19 bits per heavy atom. The number of aromatic nitrogens is 2. The Labute approximate surface area is 193 Å². The van der Waals surface area contributed by atoms with Crippen LogP contribution in [0.15, 0.2) is 55.1 Å². The molecule has 0 aliphatic carbocycles. The number of rotatable bonds is 9. The van der Waals surface area contributed by atoms with Gasteiger partial charge in [0.05, 0.1) is 20.5 Å². The zero-order chi connectivity index (χ0) is 22.2. The second-order valence-electron chi connectivity index (χ2n) is 7.15. The molecule has 164 valence electrons. The Morgan fingerprint density at radius 3 is 2.71 bits per heavy atom. The molecule has 1 N–H and O–H groups in total. The number of hydrogen-bond acceptors (Lipinski definition) is 4. The average molecular weight is 459 g/mol. The first-order valence-corrected chi connectivity index (χ1v) is 10.8. The molecule has 0 aliphatic rings. The monoisotopic (exact) mass is 458 g/mol. The van der Waals surface area contributed by atoms with E-state index in [2.05, 4.69) is 19.8 Å². The third-order valence-corrected chi connectivity index (χ3v) is 5.74. The van der Waals surface area contributed by atoms with Gasteiger partial charge in [-0.15, -0.1) is 0 Å². The van der Waals surface area contributed by atoms with E-state index >= 15 is 0 Å². The van der Waals surface area contributed by atoms with Crippen molar-refractivity contribution < 1.29 is 9.47 Å². The summed E-state index contributed by atoms with van der Waals surface area (Å²) in [5, 5.41) is 4.72. The van der Waals surface area contributed by atoms with Crippen molar-refractivity contribution in [3.05, 3.63) is 71.3 Å². The number of methoxy groups -OCH3 is 2. The normalized spacial score (nSPS) is 10.6.